The third kappa shape index (κ3) is 1.89. The lowest BCUT2D eigenvalue weighted by Gasteiger charge is -2.10. The highest BCUT2D eigenvalue weighted by atomic mass is 35.5. The van der Waals surface area contributed by atoms with E-state index in [4.69, 9.17) is 0 Å². The topological polar surface area (TPSA) is 57.2 Å². The molecule has 0 N–H and O–H groups in total. The maximum absolute atomic E-state index is 11.1. The summed E-state index contributed by atoms with van der Waals surface area (Å²) in [6.07, 6.45) is 0. The van der Waals surface area contributed by atoms with Crippen molar-refractivity contribution in [1.29, 1.82) is 0 Å². The van der Waals surface area contributed by atoms with Gasteiger partial charge in [0.2, 0.25) is 0 Å². The largest absolute Gasteiger partial charge is 0.742 e. The Kier molecular flexibility index (Phi) is 1.80. The van der Waals surface area contributed by atoms with Crippen molar-refractivity contribution >= 4 is 21.7 Å². The van der Waals surface area contributed by atoms with E-state index < -0.39 is 14.8 Å². The molecule has 0 fully saturated rings. The highest BCUT2D eigenvalue weighted by molar-refractivity contribution is 7.88. The molecule has 0 aromatic rings. The lowest BCUT2D eigenvalue weighted by molar-refractivity contribution is 0.170. The van der Waals surface area contributed by atoms with Crippen LogP contribution in [0.1, 0.15) is 0 Å². The van der Waals surface area contributed by atoms with E-state index in [1.807, 2.05) is 0 Å². The van der Waals surface area contributed by atoms with E-state index in [1.165, 1.54) is 0 Å². The van der Waals surface area contributed by atoms with E-state index in [0.717, 1.165) is 0 Å². The predicted octanol–water partition coefficient (Wildman–Crippen LogP) is 0.321. The smallest absolute Gasteiger partial charge is 0.411 e. The van der Waals surface area contributed by atoms with E-state index in [2.05, 4.69) is 11.6 Å². The number of rotatable bonds is 1. The third-order valence-electron chi connectivity index (χ3n) is 0.283. The van der Waals surface area contributed by atoms with Gasteiger partial charge in [-0.25, -0.2) is 8.42 Å². The molecule has 0 aromatic heterocycles. The van der Waals surface area contributed by atoms with Crippen LogP contribution >= 0.6 is 11.6 Å². The third-order valence-corrected chi connectivity index (χ3v) is 1.42. The Hall–Kier alpha value is 0.0600. The van der Waals surface area contributed by atoms with Crippen molar-refractivity contribution in [3.8, 4) is 0 Å². The fourth-order valence-electron chi connectivity index (χ4n) is 0. The molecule has 0 radical (unpaired) electrons. The summed E-state index contributed by atoms with van der Waals surface area (Å²) in [7, 11) is -5.66. The zero-order chi connectivity index (χ0) is 7.00. The Labute approximate surface area is 49.0 Å². The van der Waals surface area contributed by atoms with Crippen LogP contribution < -0.4 is 0 Å². The summed E-state index contributed by atoms with van der Waals surface area (Å²) >= 11 is 3.78. The molecule has 3 nitrogen and oxygen atoms in total. The van der Waals surface area contributed by atoms with Crippen LogP contribution in [0.4, 0.5) is 8.78 Å². The van der Waals surface area contributed by atoms with Gasteiger partial charge in [0, 0.05) is 0 Å². The van der Waals surface area contributed by atoms with Gasteiger partial charge in [-0.1, -0.05) is 0 Å². The monoisotopic (exact) mass is 165 g/mol. The van der Waals surface area contributed by atoms with E-state index >= 15 is 0 Å². The summed E-state index contributed by atoms with van der Waals surface area (Å²) in [4.78, 5) is 0. The van der Waals surface area contributed by atoms with Crippen LogP contribution in [0.15, 0.2) is 0 Å². The van der Waals surface area contributed by atoms with Crippen LogP contribution in [0.5, 0.6) is 0 Å². The minimum Gasteiger partial charge on any atom is -0.742 e. The first-order chi connectivity index (χ1) is 3.25. The van der Waals surface area contributed by atoms with Crippen molar-refractivity contribution in [2.75, 3.05) is 0 Å². The van der Waals surface area contributed by atoms with Crippen LogP contribution in [0.25, 0.3) is 0 Å². The van der Waals surface area contributed by atoms with E-state index in [-0.39, 0.29) is 0 Å². The predicted molar refractivity (Wildman–Crippen MR) is 20.5 cm³/mol. The van der Waals surface area contributed by atoms with Gasteiger partial charge in [0.25, 0.3) is 0 Å². The van der Waals surface area contributed by atoms with E-state index in [1.54, 1.807) is 0 Å². The molecule has 0 rings (SSSR count). The summed E-state index contributed by atoms with van der Waals surface area (Å²) in [5, 5.41) is 0. The van der Waals surface area contributed by atoms with Crippen molar-refractivity contribution < 1.29 is 21.8 Å². The fraction of sp³-hybridized carbons (Fsp3) is 1.00. The van der Waals surface area contributed by atoms with Gasteiger partial charge < -0.3 is 4.55 Å². The Morgan fingerprint density at radius 3 is 1.62 bits per heavy atom. The number of hydrogen-bond acceptors (Lipinski definition) is 3. The van der Waals surface area contributed by atoms with Gasteiger partial charge >= 0.3 is 4.71 Å². The second kappa shape index (κ2) is 1.78. The molecule has 0 spiro atoms. The first kappa shape index (κ1) is 8.06. The maximum Gasteiger partial charge on any atom is 0.411 e. The Morgan fingerprint density at radius 2 is 1.62 bits per heavy atom. The lowest BCUT2D eigenvalue weighted by Crippen LogP contribution is -2.20. The van der Waals surface area contributed by atoms with Gasteiger partial charge in [-0.15, -0.1) is 0 Å². The molecule has 50 valence electrons. The average molecular weight is 166 g/mol. The molecule has 0 saturated heterocycles. The van der Waals surface area contributed by atoms with Crippen LogP contribution in [0.3, 0.4) is 0 Å². The molecule has 8 heavy (non-hydrogen) atoms. The van der Waals surface area contributed by atoms with Gasteiger partial charge in [0.15, 0.2) is 10.1 Å². The lowest BCUT2D eigenvalue weighted by atomic mass is 11.6. The summed E-state index contributed by atoms with van der Waals surface area (Å²) in [6.45, 7) is 0. The van der Waals surface area contributed by atoms with Crippen molar-refractivity contribution in [2.24, 2.45) is 0 Å². The molecule has 0 aliphatic heterocycles. The van der Waals surface area contributed by atoms with E-state index in [9.17, 15) is 21.8 Å². The molecule has 0 saturated carbocycles. The molecule has 0 amide bonds. The van der Waals surface area contributed by atoms with Crippen molar-refractivity contribution in [3.05, 3.63) is 0 Å². The molecule has 0 unspecified atom stereocenters. The summed E-state index contributed by atoms with van der Waals surface area (Å²) in [5.74, 6) is 0. The zero-order valence-corrected chi connectivity index (χ0v) is 4.84. The Bertz CT molecular complexity index is 166. The standard InChI is InChI=1S/CHClF2O3S/c2-1(3,4)8(5,6)7/h(H,5,6,7)/p-1. The van der Waals surface area contributed by atoms with Crippen molar-refractivity contribution in [1.82, 2.24) is 0 Å². The molecule has 7 heteroatoms. The van der Waals surface area contributed by atoms with Gasteiger partial charge in [0.05, 0.1) is 0 Å². The molecule has 0 heterocycles. The molecular weight excluding hydrogens is 166 g/mol. The molecule has 0 aliphatic carbocycles. The maximum atomic E-state index is 11.1. The fourth-order valence-corrected chi connectivity index (χ4v) is 0. The quantitative estimate of drug-likeness (QED) is 0.415. The molecule has 0 aromatic carbocycles. The minimum absolute atomic E-state index is 3.78. The molecular formula is CClF2O3S-. The number of hydrogen-bond donors (Lipinski definition) is 0. The number of halogens is 3. The average Bonchev–Trinajstić information content (AvgIpc) is 1.25. The minimum atomic E-state index is -5.66. The van der Waals surface area contributed by atoms with Gasteiger partial charge in [-0.2, -0.15) is 8.78 Å². The Balaban J connectivity index is 4.53. The van der Waals surface area contributed by atoms with Crippen LogP contribution in [0.2, 0.25) is 0 Å². The first-order valence-electron chi connectivity index (χ1n) is 1.27. The second-order valence-electron chi connectivity index (χ2n) is 0.900. The first-order valence-corrected chi connectivity index (χ1v) is 3.06. The van der Waals surface area contributed by atoms with Gasteiger partial charge in [-0.3, -0.25) is 0 Å². The second-order valence-corrected chi connectivity index (χ2v) is 3.02. The molecule has 0 atom stereocenters. The van der Waals surface area contributed by atoms with Crippen LogP contribution in [-0.2, 0) is 10.1 Å². The SMILES string of the molecule is O=S(=O)([O-])C(F)(F)Cl. The highest BCUT2D eigenvalue weighted by Gasteiger charge is 2.33. The van der Waals surface area contributed by atoms with Crippen molar-refractivity contribution in [3.63, 3.8) is 0 Å². The highest BCUT2D eigenvalue weighted by Crippen LogP contribution is 2.24. The van der Waals surface area contributed by atoms with Crippen LogP contribution in [-0.4, -0.2) is 17.7 Å². The summed E-state index contributed by atoms with van der Waals surface area (Å²) < 4.78 is 45.2. The van der Waals surface area contributed by atoms with Gasteiger partial charge in [0.1, 0.15) is 0 Å². The summed E-state index contributed by atoms with van der Waals surface area (Å²) in [6, 6.07) is 0. The summed E-state index contributed by atoms with van der Waals surface area (Å²) in [5.41, 5.74) is 0. The molecule has 0 bridgehead atoms. The number of alkyl halides is 3. The zero-order valence-electron chi connectivity index (χ0n) is 3.27. The van der Waals surface area contributed by atoms with E-state index in [0.29, 0.717) is 0 Å². The normalized spacial score (nSPS) is 14.0. The molecule has 0 aliphatic rings. The van der Waals surface area contributed by atoms with Crippen LogP contribution in [0, 0.1) is 0 Å². The van der Waals surface area contributed by atoms with Gasteiger partial charge in [-0.05, 0) is 11.6 Å². The Morgan fingerprint density at radius 1 is 1.50 bits per heavy atom. The van der Waals surface area contributed by atoms with Crippen molar-refractivity contribution in [2.45, 2.75) is 4.71 Å².